The molecule has 186 valence electrons. The molecule has 1 amide bonds. The molecule has 1 N–H and O–H groups in total. The molecule has 0 aromatic carbocycles. The summed E-state index contributed by atoms with van der Waals surface area (Å²) in [6.45, 7) is 4.15. The van der Waals surface area contributed by atoms with Gasteiger partial charge in [-0.3, -0.25) is 24.5 Å². The Kier molecular flexibility index (Phi) is 9.89. The maximum Gasteiger partial charge on any atom is 0.409 e. The second kappa shape index (κ2) is 12.4. The van der Waals surface area contributed by atoms with Gasteiger partial charge in [0.2, 0.25) is 0 Å². The molecule has 0 aromatic rings. The molecule has 12 heteroatoms. The number of alkyl carbamates (subject to hydrolysis) is 1. The van der Waals surface area contributed by atoms with Gasteiger partial charge in [-0.15, -0.1) is 0 Å². The fourth-order valence-electron chi connectivity index (χ4n) is 3.83. The molecule has 2 aliphatic rings. The number of carbonyl (C=O) groups is 5. The topological polar surface area (TPSA) is 153 Å². The lowest BCUT2D eigenvalue weighted by Crippen LogP contribution is -2.66. The second-order valence-corrected chi connectivity index (χ2v) is 7.93. The minimum atomic E-state index is -1.37. The predicted octanol–water partition coefficient (Wildman–Crippen LogP) is 1.13. The first kappa shape index (κ1) is 26.4. The zero-order valence-electron chi connectivity index (χ0n) is 19.2. The third-order valence-electron chi connectivity index (χ3n) is 5.08. The van der Waals surface area contributed by atoms with Gasteiger partial charge in [0.25, 0.3) is 0 Å². The summed E-state index contributed by atoms with van der Waals surface area (Å²) < 4.78 is 32.1. The summed E-state index contributed by atoms with van der Waals surface area (Å²) in [5, 5.41) is 2.48. The van der Waals surface area contributed by atoms with Crippen LogP contribution in [0.5, 0.6) is 0 Å². The van der Waals surface area contributed by atoms with E-state index in [1.165, 1.54) is 6.92 Å². The van der Waals surface area contributed by atoms with Gasteiger partial charge < -0.3 is 28.4 Å². The smallest absolute Gasteiger partial charge is 0.409 e. The van der Waals surface area contributed by atoms with Crippen molar-refractivity contribution in [3.63, 3.8) is 0 Å². The number of esters is 4. The van der Waals surface area contributed by atoms with Crippen molar-refractivity contribution in [3.05, 3.63) is 0 Å². The van der Waals surface area contributed by atoms with Gasteiger partial charge in [0, 0.05) is 27.7 Å². The van der Waals surface area contributed by atoms with Crippen LogP contribution >= 0.6 is 0 Å². The molecular formula is C21H31NO11. The molecule has 2 fully saturated rings. The highest BCUT2D eigenvalue weighted by atomic mass is 16.7. The third-order valence-corrected chi connectivity index (χ3v) is 5.08. The first-order valence-electron chi connectivity index (χ1n) is 10.8. The maximum absolute atomic E-state index is 12.5. The molecule has 1 aliphatic carbocycles. The number of nitrogens with one attached hydrogen (secondary N) is 1. The van der Waals surface area contributed by atoms with Gasteiger partial charge in [0.05, 0.1) is 0 Å². The van der Waals surface area contributed by atoms with Gasteiger partial charge in [-0.25, -0.2) is 4.79 Å². The minimum Gasteiger partial charge on any atom is -0.463 e. The molecular weight excluding hydrogens is 442 g/mol. The Hall–Kier alpha value is -2.89. The average molecular weight is 473 g/mol. The Morgan fingerprint density at radius 1 is 0.727 bits per heavy atom. The van der Waals surface area contributed by atoms with Crippen LogP contribution in [0.3, 0.4) is 0 Å². The zero-order chi connectivity index (χ0) is 24.5. The highest BCUT2D eigenvalue weighted by Gasteiger charge is 2.52. The van der Waals surface area contributed by atoms with Crippen LogP contribution < -0.4 is 5.32 Å². The third kappa shape index (κ3) is 8.52. The van der Waals surface area contributed by atoms with Gasteiger partial charge in [0.1, 0.15) is 18.8 Å². The van der Waals surface area contributed by atoms with Crippen LogP contribution in [-0.4, -0.2) is 73.3 Å². The van der Waals surface area contributed by atoms with E-state index in [4.69, 9.17) is 28.4 Å². The lowest BCUT2D eigenvalue weighted by atomic mass is 9.97. The van der Waals surface area contributed by atoms with Crippen molar-refractivity contribution in [1.29, 1.82) is 0 Å². The molecule has 0 unspecified atom stereocenters. The number of amides is 1. The van der Waals surface area contributed by atoms with Crippen LogP contribution in [0.25, 0.3) is 0 Å². The van der Waals surface area contributed by atoms with Crippen LogP contribution in [0.1, 0.15) is 59.8 Å². The Bertz CT molecular complexity index is 734. The Morgan fingerprint density at radius 2 is 1.27 bits per heavy atom. The maximum atomic E-state index is 12.5. The summed E-state index contributed by atoms with van der Waals surface area (Å²) in [6.07, 6.45) is -3.18. The summed E-state index contributed by atoms with van der Waals surface area (Å²) in [5.74, 6) is -2.88. The van der Waals surface area contributed by atoms with Crippen LogP contribution in [-0.2, 0) is 47.6 Å². The number of hydrogen-bond donors (Lipinski definition) is 1. The molecule has 1 heterocycles. The summed E-state index contributed by atoms with van der Waals surface area (Å²) in [6, 6.07) is 0. The standard InChI is InChI=1S/C21H31NO11/c1-11(23)28-10-16-17(29-12(2)24)18(30-13(3)25)19(31-14(4)26)20(33-16)22-21(27)32-15-8-6-5-7-9-15/h15-20H,5-10H2,1-4H3,(H,22,27)/t16-,17+,18-,19-,20+/m0/s1. The van der Waals surface area contributed by atoms with Crippen LogP contribution in [0.4, 0.5) is 4.79 Å². The number of rotatable bonds is 7. The van der Waals surface area contributed by atoms with Crippen molar-refractivity contribution in [3.8, 4) is 0 Å². The molecule has 0 bridgehead atoms. The normalized spacial score (nSPS) is 27.6. The molecule has 1 aliphatic heterocycles. The van der Waals surface area contributed by atoms with Gasteiger partial charge in [-0.2, -0.15) is 0 Å². The Morgan fingerprint density at radius 3 is 1.82 bits per heavy atom. The zero-order valence-corrected chi connectivity index (χ0v) is 19.2. The fraction of sp³-hybridized carbons (Fsp3) is 0.762. The molecule has 33 heavy (non-hydrogen) atoms. The SMILES string of the molecule is CC(=O)OC[C@@H]1O[C@@H](NC(=O)OC2CCCCC2)[C@@H](OC(C)=O)[C@@H](OC(C)=O)[C@@H]1OC(C)=O. The molecule has 0 radical (unpaired) electrons. The van der Waals surface area contributed by atoms with Crippen molar-refractivity contribution >= 4 is 30.0 Å². The first-order valence-corrected chi connectivity index (χ1v) is 10.8. The van der Waals surface area contributed by atoms with Crippen molar-refractivity contribution < 1.29 is 52.4 Å². The van der Waals surface area contributed by atoms with E-state index in [-0.39, 0.29) is 12.7 Å². The van der Waals surface area contributed by atoms with Gasteiger partial charge in [0.15, 0.2) is 24.5 Å². The highest BCUT2D eigenvalue weighted by Crippen LogP contribution is 2.29. The molecule has 0 aromatic heterocycles. The van der Waals surface area contributed by atoms with Crippen molar-refractivity contribution in [2.24, 2.45) is 0 Å². The van der Waals surface area contributed by atoms with Gasteiger partial charge >= 0.3 is 30.0 Å². The summed E-state index contributed by atoms with van der Waals surface area (Å²) in [7, 11) is 0. The lowest BCUT2D eigenvalue weighted by molar-refractivity contribution is -0.256. The van der Waals surface area contributed by atoms with E-state index in [0.29, 0.717) is 0 Å². The number of ether oxygens (including phenoxy) is 6. The predicted molar refractivity (Wildman–Crippen MR) is 108 cm³/mol. The molecule has 1 saturated heterocycles. The molecule has 12 nitrogen and oxygen atoms in total. The van der Waals surface area contributed by atoms with E-state index in [0.717, 1.165) is 52.9 Å². The van der Waals surface area contributed by atoms with E-state index in [1.54, 1.807) is 0 Å². The van der Waals surface area contributed by atoms with Crippen LogP contribution in [0, 0.1) is 0 Å². The van der Waals surface area contributed by atoms with E-state index >= 15 is 0 Å². The Balaban J connectivity index is 2.29. The summed E-state index contributed by atoms with van der Waals surface area (Å²) in [5.41, 5.74) is 0. The second-order valence-electron chi connectivity index (χ2n) is 7.93. The monoisotopic (exact) mass is 473 g/mol. The molecule has 1 saturated carbocycles. The van der Waals surface area contributed by atoms with Crippen LogP contribution in [0.15, 0.2) is 0 Å². The average Bonchev–Trinajstić information content (AvgIpc) is 2.70. The van der Waals surface area contributed by atoms with E-state index < -0.39 is 60.6 Å². The summed E-state index contributed by atoms with van der Waals surface area (Å²) >= 11 is 0. The summed E-state index contributed by atoms with van der Waals surface area (Å²) in [4.78, 5) is 59.2. The highest BCUT2D eigenvalue weighted by molar-refractivity contribution is 5.70. The largest absolute Gasteiger partial charge is 0.463 e. The van der Waals surface area contributed by atoms with Crippen molar-refractivity contribution in [2.45, 2.75) is 96.5 Å². The fourth-order valence-corrected chi connectivity index (χ4v) is 3.83. The Labute approximate surface area is 191 Å². The number of hydrogen-bond acceptors (Lipinski definition) is 11. The van der Waals surface area contributed by atoms with Gasteiger partial charge in [-0.1, -0.05) is 6.42 Å². The minimum absolute atomic E-state index is 0.260. The van der Waals surface area contributed by atoms with E-state index in [9.17, 15) is 24.0 Å². The number of carbonyl (C=O) groups excluding carboxylic acids is 5. The van der Waals surface area contributed by atoms with E-state index in [1.807, 2.05) is 0 Å². The van der Waals surface area contributed by atoms with E-state index in [2.05, 4.69) is 5.32 Å². The molecule has 2 rings (SSSR count). The van der Waals surface area contributed by atoms with Gasteiger partial charge in [-0.05, 0) is 25.7 Å². The van der Waals surface area contributed by atoms with Crippen molar-refractivity contribution in [1.82, 2.24) is 5.32 Å². The van der Waals surface area contributed by atoms with Crippen LogP contribution in [0.2, 0.25) is 0 Å². The lowest BCUT2D eigenvalue weighted by Gasteiger charge is -2.44. The molecule has 5 atom stereocenters. The van der Waals surface area contributed by atoms with Crippen molar-refractivity contribution in [2.75, 3.05) is 6.61 Å². The quantitative estimate of drug-likeness (QED) is 0.418. The molecule has 0 spiro atoms. The first-order chi connectivity index (χ1) is 15.6.